The Bertz CT molecular complexity index is 645. The molecule has 1 N–H and O–H groups in total. The first-order valence-electron chi connectivity index (χ1n) is 11.7. The topological polar surface area (TPSA) is 86.7 Å². The van der Waals surface area contributed by atoms with Gasteiger partial charge in [0, 0.05) is 51.9 Å². The van der Waals surface area contributed by atoms with Crippen molar-refractivity contribution in [2.75, 3.05) is 52.4 Å². The second-order valence-corrected chi connectivity index (χ2v) is 9.45. The molecule has 0 aromatic rings. The molecule has 9 heteroatoms. The Hall–Kier alpha value is -2.03. The molecule has 3 rings (SSSR count). The highest BCUT2D eigenvalue weighted by Crippen LogP contribution is 2.28. The van der Waals surface area contributed by atoms with E-state index in [1.54, 1.807) is 0 Å². The SMILES string of the molecule is CCNC(=NCCN(C(=O)OC(C)(C)C)C1CC1)N1CCN(C(=O)C2CCCO2)CC1. The molecule has 3 fully saturated rings. The first kappa shape index (κ1) is 23.6. The number of amides is 2. The largest absolute Gasteiger partial charge is 0.444 e. The predicted molar refractivity (Wildman–Crippen MR) is 119 cm³/mol. The monoisotopic (exact) mass is 437 g/mol. The van der Waals surface area contributed by atoms with Crippen molar-refractivity contribution >= 4 is 18.0 Å². The Labute approximate surface area is 186 Å². The Kier molecular flexibility index (Phi) is 8.02. The highest BCUT2D eigenvalue weighted by molar-refractivity contribution is 5.83. The number of carbonyl (C=O) groups excluding carboxylic acids is 2. The second-order valence-electron chi connectivity index (χ2n) is 9.45. The maximum Gasteiger partial charge on any atom is 0.410 e. The van der Waals surface area contributed by atoms with Crippen molar-refractivity contribution in [3.63, 3.8) is 0 Å². The molecule has 3 aliphatic rings. The third-order valence-electron chi connectivity index (χ3n) is 5.65. The maximum absolute atomic E-state index is 12.6. The third-order valence-corrected chi connectivity index (χ3v) is 5.65. The summed E-state index contributed by atoms with van der Waals surface area (Å²) in [4.78, 5) is 35.8. The van der Waals surface area contributed by atoms with Crippen LogP contribution in [0.25, 0.3) is 0 Å². The summed E-state index contributed by atoms with van der Waals surface area (Å²) in [5.74, 6) is 0.961. The lowest BCUT2D eigenvalue weighted by atomic mass is 10.2. The van der Waals surface area contributed by atoms with Gasteiger partial charge in [0.1, 0.15) is 11.7 Å². The molecule has 0 radical (unpaired) electrons. The van der Waals surface area contributed by atoms with Gasteiger partial charge in [0.25, 0.3) is 5.91 Å². The third kappa shape index (κ3) is 6.98. The van der Waals surface area contributed by atoms with Crippen LogP contribution >= 0.6 is 0 Å². The van der Waals surface area contributed by atoms with Gasteiger partial charge in [-0.25, -0.2) is 4.79 Å². The predicted octanol–water partition coefficient (Wildman–Crippen LogP) is 1.67. The summed E-state index contributed by atoms with van der Waals surface area (Å²) < 4.78 is 11.1. The molecule has 9 nitrogen and oxygen atoms in total. The van der Waals surface area contributed by atoms with Crippen LogP contribution in [0, 0.1) is 0 Å². The van der Waals surface area contributed by atoms with Crippen LogP contribution in [0.15, 0.2) is 4.99 Å². The Morgan fingerprint density at radius 2 is 1.81 bits per heavy atom. The van der Waals surface area contributed by atoms with Crippen molar-refractivity contribution < 1.29 is 19.1 Å². The number of guanidine groups is 1. The van der Waals surface area contributed by atoms with Gasteiger partial charge in [-0.2, -0.15) is 0 Å². The van der Waals surface area contributed by atoms with E-state index in [-0.39, 0.29) is 24.1 Å². The van der Waals surface area contributed by atoms with Crippen molar-refractivity contribution in [2.45, 2.75) is 71.1 Å². The molecule has 2 heterocycles. The number of hydrogen-bond donors (Lipinski definition) is 1. The summed E-state index contributed by atoms with van der Waals surface area (Å²) in [6.45, 7) is 13.1. The number of nitrogens with one attached hydrogen (secondary N) is 1. The number of rotatable bonds is 6. The first-order valence-corrected chi connectivity index (χ1v) is 11.7. The number of piperazine rings is 1. The second kappa shape index (κ2) is 10.5. The van der Waals surface area contributed by atoms with E-state index < -0.39 is 5.60 Å². The van der Waals surface area contributed by atoms with Crippen LogP contribution in [0.5, 0.6) is 0 Å². The van der Waals surface area contributed by atoms with Gasteiger partial charge in [0.15, 0.2) is 5.96 Å². The number of carbonyl (C=O) groups is 2. The minimum Gasteiger partial charge on any atom is -0.444 e. The van der Waals surface area contributed by atoms with Gasteiger partial charge in [-0.3, -0.25) is 9.79 Å². The van der Waals surface area contributed by atoms with E-state index in [0.717, 1.165) is 51.3 Å². The molecular formula is C22H39N5O4. The van der Waals surface area contributed by atoms with Crippen molar-refractivity contribution in [3.8, 4) is 0 Å². The fraction of sp³-hybridized carbons (Fsp3) is 0.864. The molecule has 0 spiro atoms. The fourth-order valence-corrected chi connectivity index (χ4v) is 3.93. The van der Waals surface area contributed by atoms with Crippen molar-refractivity contribution in [3.05, 3.63) is 0 Å². The standard InChI is InChI=1S/C22H39N5O4/c1-5-23-20(24-10-11-27(17-8-9-17)21(29)31-22(2,3)4)26-14-12-25(13-15-26)19(28)18-7-6-16-30-18/h17-18H,5-16H2,1-4H3,(H,23,24). The summed E-state index contributed by atoms with van der Waals surface area (Å²) in [5.41, 5.74) is -0.497. The van der Waals surface area contributed by atoms with Gasteiger partial charge in [-0.1, -0.05) is 0 Å². The van der Waals surface area contributed by atoms with E-state index in [1.165, 1.54) is 0 Å². The zero-order chi connectivity index (χ0) is 22.4. The highest BCUT2D eigenvalue weighted by atomic mass is 16.6. The van der Waals surface area contributed by atoms with Crippen LogP contribution in [-0.4, -0.2) is 103 Å². The molecule has 2 aliphatic heterocycles. The normalized spacial score (nSPS) is 22.5. The molecule has 176 valence electrons. The van der Waals surface area contributed by atoms with Crippen LogP contribution in [0.3, 0.4) is 0 Å². The molecule has 2 amide bonds. The zero-order valence-corrected chi connectivity index (χ0v) is 19.6. The van der Waals surface area contributed by atoms with Crippen LogP contribution in [0.4, 0.5) is 4.79 Å². The number of nitrogens with zero attached hydrogens (tertiary/aromatic N) is 4. The molecule has 1 atom stereocenters. The molecule has 0 aromatic heterocycles. The smallest absolute Gasteiger partial charge is 0.410 e. The molecular weight excluding hydrogens is 398 g/mol. The fourth-order valence-electron chi connectivity index (χ4n) is 3.93. The van der Waals surface area contributed by atoms with Crippen LogP contribution in [0.2, 0.25) is 0 Å². The van der Waals surface area contributed by atoms with E-state index in [9.17, 15) is 9.59 Å². The molecule has 0 aromatic carbocycles. The van der Waals surface area contributed by atoms with Crippen LogP contribution < -0.4 is 5.32 Å². The van der Waals surface area contributed by atoms with Gasteiger partial charge in [0.2, 0.25) is 0 Å². The lowest BCUT2D eigenvalue weighted by molar-refractivity contribution is -0.142. The summed E-state index contributed by atoms with van der Waals surface area (Å²) >= 11 is 0. The number of ether oxygens (including phenoxy) is 2. The van der Waals surface area contributed by atoms with Gasteiger partial charge in [0.05, 0.1) is 6.54 Å². The Morgan fingerprint density at radius 3 is 2.35 bits per heavy atom. The van der Waals surface area contributed by atoms with Crippen molar-refractivity contribution in [1.82, 2.24) is 20.0 Å². The van der Waals surface area contributed by atoms with Gasteiger partial charge in [-0.15, -0.1) is 0 Å². The van der Waals surface area contributed by atoms with E-state index in [2.05, 4.69) is 10.2 Å². The lowest BCUT2D eigenvalue weighted by Gasteiger charge is -2.37. The minimum absolute atomic E-state index is 0.122. The molecule has 2 saturated heterocycles. The van der Waals surface area contributed by atoms with Crippen LogP contribution in [-0.2, 0) is 14.3 Å². The molecule has 31 heavy (non-hydrogen) atoms. The average molecular weight is 438 g/mol. The van der Waals surface area contributed by atoms with Crippen LogP contribution in [0.1, 0.15) is 53.4 Å². The average Bonchev–Trinajstić information content (AvgIpc) is 3.40. The molecule has 0 bridgehead atoms. The Morgan fingerprint density at radius 1 is 1.13 bits per heavy atom. The van der Waals surface area contributed by atoms with Crippen molar-refractivity contribution in [2.24, 2.45) is 4.99 Å². The van der Waals surface area contributed by atoms with E-state index in [0.29, 0.717) is 32.8 Å². The van der Waals surface area contributed by atoms with Crippen molar-refractivity contribution in [1.29, 1.82) is 0 Å². The van der Waals surface area contributed by atoms with Gasteiger partial charge in [-0.05, 0) is 53.4 Å². The minimum atomic E-state index is -0.497. The summed E-state index contributed by atoms with van der Waals surface area (Å²) in [5, 5.41) is 3.35. The number of hydrogen-bond acceptors (Lipinski definition) is 5. The first-order chi connectivity index (χ1) is 14.8. The quantitative estimate of drug-likeness (QED) is 0.503. The Balaban J connectivity index is 1.51. The lowest BCUT2D eigenvalue weighted by Crippen LogP contribution is -2.55. The molecule has 1 unspecified atom stereocenters. The van der Waals surface area contributed by atoms with Gasteiger partial charge < -0.3 is 29.5 Å². The maximum atomic E-state index is 12.6. The summed E-state index contributed by atoms with van der Waals surface area (Å²) in [7, 11) is 0. The van der Waals surface area contributed by atoms with E-state index in [4.69, 9.17) is 14.5 Å². The molecule has 1 saturated carbocycles. The van der Waals surface area contributed by atoms with E-state index in [1.807, 2.05) is 37.5 Å². The zero-order valence-electron chi connectivity index (χ0n) is 19.6. The highest BCUT2D eigenvalue weighted by Gasteiger charge is 2.35. The van der Waals surface area contributed by atoms with Gasteiger partial charge >= 0.3 is 6.09 Å². The summed E-state index contributed by atoms with van der Waals surface area (Å²) in [6.07, 6.45) is 3.35. The number of aliphatic imine (C=N–C) groups is 1. The molecule has 1 aliphatic carbocycles. The summed E-state index contributed by atoms with van der Waals surface area (Å²) in [6, 6.07) is 0.278. The van der Waals surface area contributed by atoms with E-state index >= 15 is 0 Å².